The third-order valence-electron chi connectivity index (χ3n) is 1.99. The van der Waals surface area contributed by atoms with Crippen molar-refractivity contribution in [2.45, 2.75) is 18.7 Å². The first-order valence-electron chi connectivity index (χ1n) is 5.18. The molecule has 0 saturated carbocycles. The molecule has 1 aromatic carbocycles. The van der Waals surface area contributed by atoms with Gasteiger partial charge < -0.3 is 4.74 Å². The lowest BCUT2D eigenvalue weighted by atomic mass is 10.2. The van der Waals surface area contributed by atoms with E-state index in [1.54, 1.807) is 13.0 Å². The molecule has 0 spiro atoms. The van der Waals surface area contributed by atoms with Crippen LogP contribution >= 0.6 is 11.8 Å². The highest BCUT2D eigenvalue weighted by Gasteiger charge is 2.13. The topological polar surface area (TPSA) is 26.3 Å². The van der Waals surface area contributed by atoms with Crippen molar-refractivity contribution in [3.05, 3.63) is 30.1 Å². The highest BCUT2D eigenvalue weighted by atomic mass is 32.2. The molecule has 1 unspecified atom stereocenters. The molecule has 2 nitrogen and oxygen atoms in total. The minimum Gasteiger partial charge on any atom is -0.466 e. The van der Waals surface area contributed by atoms with Crippen molar-refractivity contribution >= 4 is 17.7 Å². The van der Waals surface area contributed by atoms with Crippen molar-refractivity contribution in [2.24, 2.45) is 5.92 Å². The summed E-state index contributed by atoms with van der Waals surface area (Å²) in [6.45, 7) is 3.99. The van der Waals surface area contributed by atoms with Crippen LogP contribution in [0.25, 0.3) is 0 Å². The van der Waals surface area contributed by atoms with E-state index < -0.39 is 0 Å². The summed E-state index contributed by atoms with van der Waals surface area (Å²) in [5.74, 6) is -0.0316. The molecular formula is C12H15FO2S. The van der Waals surface area contributed by atoms with Crippen molar-refractivity contribution in [3.8, 4) is 0 Å². The Morgan fingerprint density at radius 2 is 2.31 bits per heavy atom. The number of halogens is 1. The van der Waals surface area contributed by atoms with Crippen LogP contribution in [-0.4, -0.2) is 18.3 Å². The summed E-state index contributed by atoms with van der Waals surface area (Å²) in [5.41, 5.74) is 0. The van der Waals surface area contributed by atoms with E-state index in [-0.39, 0.29) is 17.7 Å². The number of hydrogen-bond donors (Lipinski definition) is 0. The Bertz CT molecular complexity index is 355. The van der Waals surface area contributed by atoms with Gasteiger partial charge in [0.25, 0.3) is 0 Å². The van der Waals surface area contributed by atoms with Gasteiger partial charge in [-0.3, -0.25) is 4.79 Å². The molecule has 0 aliphatic heterocycles. The molecule has 1 atom stereocenters. The predicted octanol–water partition coefficient (Wildman–Crippen LogP) is 3.12. The second-order valence-electron chi connectivity index (χ2n) is 3.42. The molecule has 0 N–H and O–H groups in total. The van der Waals surface area contributed by atoms with Gasteiger partial charge in [-0.1, -0.05) is 13.0 Å². The summed E-state index contributed by atoms with van der Waals surface area (Å²) in [6.07, 6.45) is 0. The maximum atomic E-state index is 12.9. The predicted molar refractivity (Wildman–Crippen MR) is 62.9 cm³/mol. The van der Waals surface area contributed by atoms with E-state index in [9.17, 15) is 9.18 Å². The number of ether oxygens (including phenoxy) is 1. The number of esters is 1. The number of rotatable bonds is 5. The number of thioether (sulfide) groups is 1. The molecule has 1 rings (SSSR count). The fourth-order valence-corrected chi connectivity index (χ4v) is 2.08. The highest BCUT2D eigenvalue weighted by Crippen LogP contribution is 2.21. The molecule has 0 saturated heterocycles. The lowest BCUT2D eigenvalue weighted by Gasteiger charge is -2.09. The quantitative estimate of drug-likeness (QED) is 0.586. The van der Waals surface area contributed by atoms with Gasteiger partial charge in [-0.05, 0) is 25.1 Å². The Hall–Kier alpha value is -1.03. The van der Waals surface area contributed by atoms with Crippen molar-refractivity contribution < 1.29 is 13.9 Å². The maximum Gasteiger partial charge on any atom is 0.309 e. The van der Waals surface area contributed by atoms with E-state index in [4.69, 9.17) is 4.74 Å². The van der Waals surface area contributed by atoms with Gasteiger partial charge in [-0.2, -0.15) is 0 Å². The first kappa shape index (κ1) is 13.0. The summed E-state index contributed by atoms with van der Waals surface area (Å²) in [4.78, 5) is 12.2. The highest BCUT2D eigenvalue weighted by molar-refractivity contribution is 7.99. The van der Waals surface area contributed by atoms with Gasteiger partial charge in [0.15, 0.2) is 0 Å². The molecule has 1 aromatic rings. The maximum absolute atomic E-state index is 12.9. The molecule has 0 radical (unpaired) electrons. The van der Waals surface area contributed by atoms with E-state index >= 15 is 0 Å². The second-order valence-corrected chi connectivity index (χ2v) is 4.51. The second kappa shape index (κ2) is 6.53. The first-order chi connectivity index (χ1) is 7.63. The average Bonchev–Trinajstić information content (AvgIpc) is 2.26. The summed E-state index contributed by atoms with van der Waals surface area (Å²) >= 11 is 1.46. The van der Waals surface area contributed by atoms with Crippen molar-refractivity contribution in [1.82, 2.24) is 0 Å². The van der Waals surface area contributed by atoms with E-state index in [1.165, 1.54) is 23.9 Å². The van der Waals surface area contributed by atoms with Crippen LogP contribution in [0.15, 0.2) is 29.2 Å². The van der Waals surface area contributed by atoms with E-state index in [1.807, 2.05) is 13.0 Å². The van der Waals surface area contributed by atoms with Gasteiger partial charge in [0, 0.05) is 10.6 Å². The fourth-order valence-electron chi connectivity index (χ4n) is 1.13. The van der Waals surface area contributed by atoms with Crippen LogP contribution in [0, 0.1) is 11.7 Å². The van der Waals surface area contributed by atoms with Gasteiger partial charge in [-0.25, -0.2) is 4.39 Å². The molecule has 16 heavy (non-hydrogen) atoms. The normalized spacial score (nSPS) is 12.2. The zero-order chi connectivity index (χ0) is 12.0. The molecular weight excluding hydrogens is 227 g/mol. The van der Waals surface area contributed by atoms with Crippen LogP contribution in [0.4, 0.5) is 4.39 Å². The van der Waals surface area contributed by atoms with E-state index in [0.29, 0.717) is 12.4 Å². The molecule has 0 aliphatic rings. The van der Waals surface area contributed by atoms with E-state index in [0.717, 1.165) is 4.90 Å². The van der Waals surface area contributed by atoms with Gasteiger partial charge in [0.1, 0.15) is 5.82 Å². The summed E-state index contributed by atoms with van der Waals surface area (Å²) < 4.78 is 17.8. The van der Waals surface area contributed by atoms with Crippen LogP contribution in [0.3, 0.4) is 0 Å². The fraction of sp³-hybridized carbons (Fsp3) is 0.417. The van der Waals surface area contributed by atoms with Crippen LogP contribution < -0.4 is 0 Å². The minimum absolute atomic E-state index is 0.173. The van der Waals surface area contributed by atoms with Crippen molar-refractivity contribution in [2.75, 3.05) is 12.4 Å². The van der Waals surface area contributed by atoms with Gasteiger partial charge in [0.05, 0.1) is 12.5 Å². The SMILES string of the molecule is CCOC(=O)C(C)CSc1cccc(F)c1. The standard InChI is InChI=1S/C12H15FO2S/c1-3-15-12(14)9(2)8-16-11-6-4-5-10(13)7-11/h4-7,9H,3,8H2,1-2H3. The summed E-state index contributed by atoms with van der Waals surface area (Å²) in [6, 6.07) is 6.35. The lowest BCUT2D eigenvalue weighted by Crippen LogP contribution is -2.16. The zero-order valence-corrected chi connectivity index (χ0v) is 10.2. The van der Waals surface area contributed by atoms with Crippen LogP contribution in [0.5, 0.6) is 0 Å². The summed E-state index contributed by atoms with van der Waals surface area (Å²) in [5, 5.41) is 0. The number of hydrogen-bond acceptors (Lipinski definition) is 3. The van der Waals surface area contributed by atoms with Gasteiger partial charge in [0.2, 0.25) is 0 Å². The van der Waals surface area contributed by atoms with Crippen LogP contribution in [-0.2, 0) is 9.53 Å². The van der Waals surface area contributed by atoms with Crippen LogP contribution in [0.1, 0.15) is 13.8 Å². The molecule has 4 heteroatoms. The zero-order valence-electron chi connectivity index (χ0n) is 9.40. The Labute approximate surface area is 99.2 Å². The minimum atomic E-state index is -0.256. The molecule has 0 fully saturated rings. The average molecular weight is 242 g/mol. The molecule has 0 bridgehead atoms. The number of carbonyl (C=O) groups excluding carboxylic acids is 1. The lowest BCUT2D eigenvalue weighted by molar-refractivity contribution is -0.146. The van der Waals surface area contributed by atoms with Crippen molar-refractivity contribution in [1.29, 1.82) is 0 Å². The van der Waals surface area contributed by atoms with Crippen LogP contribution in [0.2, 0.25) is 0 Å². The third kappa shape index (κ3) is 4.23. The van der Waals surface area contributed by atoms with Gasteiger partial charge >= 0.3 is 5.97 Å². The first-order valence-corrected chi connectivity index (χ1v) is 6.17. The molecule has 0 aromatic heterocycles. The Morgan fingerprint density at radius 1 is 1.56 bits per heavy atom. The monoisotopic (exact) mass is 242 g/mol. The Morgan fingerprint density at radius 3 is 2.94 bits per heavy atom. The Balaban J connectivity index is 2.42. The molecule has 0 amide bonds. The third-order valence-corrected chi connectivity index (χ3v) is 3.24. The Kier molecular flexibility index (Phi) is 5.32. The number of carbonyl (C=O) groups is 1. The smallest absolute Gasteiger partial charge is 0.309 e. The molecule has 0 heterocycles. The summed E-state index contributed by atoms with van der Waals surface area (Å²) in [7, 11) is 0. The largest absolute Gasteiger partial charge is 0.466 e. The van der Waals surface area contributed by atoms with E-state index in [2.05, 4.69) is 0 Å². The van der Waals surface area contributed by atoms with Gasteiger partial charge in [-0.15, -0.1) is 11.8 Å². The molecule has 88 valence electrons. The van der Waals surface area contributed by atoms with Crippen molar-refractivity contribution in [3.63, 3.8) is 0 Å². The number of benzene rings is 1. The molecule has 0 aliphatic carbocycles.